The fourth-order valence-corrected chi connectivity index (χ4v) is 4.78. The smallest absolute Gasteiger partial charge is 0.332 e. The van der Waals surface area contributed by atoms with Crippen LogP contribution in [0.2, 0.25) is 0 Å². The zero-order valence-corrected chi connectivity index (χ0v) is 19.2. The Bertz CT molecular complexity index is 1670. The second-order valence-corrected chi connectivity index (χ2v) is 9.41. The Kier molecular flexibility index (Phi) is 6.49. The van der Waals surface area contributed by atoms with Gasteiger partial charge in [-0.15, -0.1) is 0 Å². The van der Waals surface area contributed by atoms with Crippen LogP contribution in [0.4, 0.5) is 5.69 Å². The van der Waals surface area contributed by atoms with E-state index >= 15 is 0 Å². The van der Waals surface area contributed by atoms with Crippen molar-refractivity contribution >= 4 is 38.6 Å². The van der Waals surface area contributed by atoms with E-state index in [9.17, 15) is 32.7 Å². The van der Waals surface area contributed by atoms with Crippen LogP contribution >= 0.6 is 0 Å². The van der Waals surface area contributed by atoms with Gasteiger partial charge in [0.15, 0.2) is 0 Å². The maximum Gasteiger partial charge on any atom is 0.332 e. The number of aromatic nitrogens is 2. The van der Waals surface area contributed by atoms with Gasteiger partial charge >= 0.3 is 17.6 Å². The third-order valence-electron chi connectivity index (χ3n) is 5.34. The number of benzene rings is 2. The number of anilines is 1. The lowest BCUT2D eigenvalue weighted by Gasteiger charge is -2.18. The van der Waals surface area contributed by atoms with Crippen LogP contribution in [0.5, 0.6) is 0 Å². The molecule has 4 rings (SSSR count). The summed E-state index contributed by atoms with van der Waals surface area (Å²) in [5.41, 5.74) is -2.10. The largest absolute Gasteiger partial charge is 0.481 e. The Hall–Kier alpha value is -4.65. The minimum atomic E-state index is -4.02. The number of hydrogen-bond donors (Lipinski definition) is 3. The fourth-order valence-electron chi connectivity index (χ4n) is 3.71. The van der Waals surface area contributed by atoms with E-state index in [0.29, 0.717) is 10.3 Å². The third kappa shape index (κ3) is 4.77. The van der Waals surface area contributed by atoms with Gasteiger partial charge in [0.2, 0.25) is 0 Å². The second-order valence-electron chi connectivity index (χ2n) is 7.73. The highest BCUT2D eigenvalue weighted by Crippen LogP contribution is 2.21. The molecule has 0 radical (unpaired) electrons. The fraction of sp³-hybridized carbons (Fsp3) is 0.130. The number of carboxylic acids is 2. The number of aliphatic carboxylic acids is 2. The first-order valence-electron chi connectivity index (χ1n) is 10.4. The molecule has 0 saturated heterocycles. The van der Waals surface area contributed by atoms with Crippen molar-refractivity contribution in [1.29, 1.82) is 0 Å². The molecule has 0 amide bonds. The van der Waals surface area contributed by atoms with E-state index in [1.54, 1.807) is 18.2 Å². The first-order chi connectivity index (χ1) is 17.1. The van der Waals surface area contributed by atoms with Gasteiger partial charge in [-0.1, -0.05) is 18.2 Å². The molecule has 1 atom stereocenters. The number of carboxylic acid groups (broad SMARTS) is 2. The third-order valence-corrected chi connectivity index (χ3v) is 6.74. The van der Waals surface area contributed by atoms with Gasteiger partial charge in [-0.25, -0.2) is 22.6 Å². The van der Waals surface area contributed by atoms with Crippen LogP contribution in [0.3, 0.4) is 0 Å². The molecule has 2 aromatic heterocycles. The van der Waals surface area contributed by atoms with Crippen molar-refractivity contribution in [1.82, 2.24) is 9.13 Å². The maximum absolute atomic E-state index is 13.3. The second kappa shape index (κ2) is 9.54. The predicted octanol–water partition coefficient (Wildman–Crippen LogP) is 1.71. The van der Waals surface area contributed by atoms with Crippen molar-refractivity contribution in [3.63, 3.8) is 0 Å². The van der Waals surface area contributed by atoms with Crippen molar-refractivity contribution in [3.8, 4) is 0 Å². The zero-order chi connectivity index (χ0) is 26.0. The minimum absolute atomic E-state index is 0.0247. The number of nitrogens with zero attached hydrogens (tertiary/aromatic N) is 2. The quantitative estimate of drug-likeness (QED) is 0.300. The summed E-state index contributed by atoms with van der Waals surface area (Å²) < 4.78 is 34.5. The van der Waals surface area contributed by atoms with Crippen LogP contribution in [0.25, 0.3) is 10.9 Å². The standard InChI is InChI=1S/C23H19N3O9S/c27-20(28)12-19(22(30)31)26-21(29)17-11-14(24-36(33,34)16-6-2-1-3-7-16)8-9-18(17)25(23(26)32)13-15-5-4-10-35-15/h1-11,19,24H,12-13H2,(H,27,28)(H,30,31). The molecule has 13 heteroatoms. The summed E-state index contributed by atoms with van der Waals surface area (Å²) in [5.74, 6) is -2.92. The summed E-state index contributed by atoms with van der Waals surface area (Å²) in [5, 5.41) is 18.6. The van der Waals surface area contributed by atoms with E-state index in [2.05, 4.69) is 4.72 Å². The summed E-state index contributed by atoms with van der Waals surface area (Å²) in [7, 11) is -4.02. The molecular formula is C23H19N3O9S. The van der Waals surface area contributed by atoms with E-state index in [0.717, 1.165) is 10.6 Å². The van der Waals surface area contributed by atoms with Gasteiger partial charge < -0.3 is 14.6 Å². The molecule has 1 unspecified atom stereocenters. The molecule has 12 nitrogen and oxygen atoms in total. The first-order valence-corrected chi connectivity index (χ1v) is 11.9. The number of fused-ring (bicyclic) bond motifs is 1. The predicted molar refractivity (Wildman–Crippen MR) is 126 cm³/mol. The average Bonchev–Trinajstić information content (AvgIpc) is 3.34. The highest BCUT2D eigenvalue weighted by Gasteiger charge is 2.29. The monoisotopic (exact) mass is 513 g/mol. The van der Waals surface area contributed by atoms with Gasteiger partial charge in [0, 0.05) is 5.69 Å². The molecule has 3 N–H and O–H groups in total. The molecular weight excluding hydrogens is 494 g/mol. The normalized spacial score (nSPS) is 12.3. The number of nitrogens with one attached hydrogen (secondary N) is 1. The van der Waals surface area contributed by atoms with Gasteiger partial charge in [-0.2, -0.15) is 0 Å². The van der Waals surface area contributed by atoms with Gasteiger partial charge in [0.25, 0.3) is 15.6 Å². The lowest BCUT2D eigenvalue weighted by atomic mass is 10.1. The zero-order valence-electron chi connectivity index (χ0n) is 18.4. The van der Waals surface area contributed by atoms with Crippen molar-refractivity contribution in [2.75, 3.05) is 4.72 Å². The maximum atomic E-state index is 13.3. The van der Waals surface area contributed by atoms with E-state index in [1.807, 2.05) is 0 Å². The van der Waals surface area contributed by atoms with Crippen molar-refractivity contribution in [2.45, 2.75) is 23.9 Å². The molecule has 0 saturated carbocycles. The van der Waals surface area contributed by atoms with Gasteiger partial charge in [-0.3, -0.25) is 18.9 Å². The van der Waals surface area contributed by atoms with E-state index in [1.165, 1.54) is 42.7 Å². The summed E-state index contributed by atoms with van der Waals surface area (Å²) >= 11 is 0. The number of hydrogen-bond acceptors (Lipinski definition) is 7. The van der Waals surface area contributed by atoms with Gasteiger partial charge in [-0.05, 0) is 42.5 Å². The molecule has 2 aromatic carbocycles. The van der Waals surface area contributed by atoms with E-state index in [4.69, 9.17) is 9.52 Å². The molecule has 0 spiro atoms. The SMILES string of the molecule is O=C(O)CC(C(=O)O)n1c(=O)c2cc(NS(=O)(=O)c3ccccc3)ccc2n(Cc2ccco2)c1=O. The molecule has 0 aliphatic carbocycles. The highest BCUT2D eigenvalue weighted by atomic mass is 32.2. The van der Waals surface area contributed by atoms with Crippen LogP contribution in [-0.4, -0.2) is 39.7 Å². The molecule has 0 aliphatic heterocycles. The van der Waals surface area contributed by atoms with Crippen LogP contribution in [0, 0.1) is 0 Å². The average molecular weight is 513 g/mol. The summed E-state index contributed by atoms with van der Waals surface area (Å²) in [6.45, 7) is -0.197. The summed E-state index contributed by atoms with van der Waals surface area (Å²) in [4.78, 5) is 49.7. The number of sulfonamides is 1. The molecule has 36 heavy (non-hydrogen) atoms. The lowest BCUT2D eigenvalue weighted by molar-refractivity contribution is -0.147. The summed E-state index contributed by atoms with van der Waals surface area (Å²) in [6.07, 6.45) is 0.330. The van der Waals surface area contributed by atoms with Crippen molar-refractivity contribution in [3.05, 3.63) is 93.5 Å². The molecule has 186 valence electrons. The van der Waals surface area contributed by atoms with Crippen LogP contribution < -0.4 is 16.0 Å². The molecule has 2 heterocycles. The lowest BCUT2D eigenvalue weighted by Crippen LogP contribution is -2.45. The minimum Gasteiger partial charge on any atom is -0.481 e. The van der Waals surface area contributed by atoms with E-state index in [-0.39, 0.29) is 28.0 Å². The molecule has 0 aliphatic rings. The highest BCUT2D eigenvalue weighted by molar-refractivity contribution is 7.92. The van der Waals surface area contributed by atoms with Crippen molar-refractivity contribution in [2.24, 2.45) is 0 Å². The van der Waals surface area contributed by atoms with Crippen molar-refractivity contribution < 1.29 is 32.6 Å². The Balaban J connectivity index is 1.94. The van der Waals surface area contributed by atoms with Gasteiger partial charge in [0.1, 0.15) is 11.8 Å². The van der Waals surface area contributed by atoms with Gasteiger partial charge in [0.05, 0.1) is 35.0 Å². The van der Waals surface area contributed by atoms with Crippen LogP contribution in [-0.2, 0) is 26.2 Å². The Morgan fingerprint density at radius 3 is 2.33 bits per heavy atom. The molecule has 0 bridgehead atoms. The first kappa shape index (κ1) is 24.5. The summed E-state index contributed by atoms with van der Waals surface area (Å²) in [6, 6.07) is 12.4. The number of rotatable bonds is 9. The Labute approximate surface area is 202 Å². The number of furan rings is 1. The Morgan fingerprint density at radius 2 is 1.72 bits per heavy atom. The van der Waals surface area contributed by atoms with Crippen LogP contribution in [0.1, 0.15) is 18.2 Å². The van der Waals surface area contributed by atoms with Crippen LogP contribution in [0.15, 0.2) is 85.8 Å². The van der Waals surface area contributed by atoms with E-state index < -0.39 is 45.7 Å². The molecule has 0 fully saturated rings. The Morgan fingerprint density at radius 1 is 1.00 bits per heavy atom. The topological polar surface area (TPSA) is 178 Å². The number of carbonyl (C=O) groups is 2. The molecule has 4 aromatic rings.